The van der Waals surface area contributed by atoms with Crippen LogP contribution in [0.1, 0.15) is 52.4 Å². The molecule has 1 atom stereocenters. The summed E-state index contributed by atoms with van der Waals surface area (Å²) in [5, 5.41) is 9.26. The number of unbranched alkanes of at least 4 members (excludes halogenated alkanes) is 5. The zero-order valence-electron chi connectivity index (χ0n) is 16.1. The van der Waals surface area contributed by atoms with Crippen LogP contribution in [0.4, 0.5) is 0 Å². The van der Waals surface area contributed by atoms with Crippen LogP contribution in [0.2, 0.25) is 0 Å². The van der Waals surface area contributed by atoms with Gasteiger partial charge in [-0.15, -0.1) is 0 Å². The second-order valence-corrected chi connectivity index (χ2v) is 6.83. The van der Waals surface area contributed by atoms with Gasteiger partial charge in [-0.3, -0.25) is 0 Å². The van der Waals surface area contributed by atoms with Gasteiger partial charge in [0.15, 0.2) is 0 Å². The summed E-state index contributed by atoms with van der Waals surface area (Å²) < 4.78 is 11.3. The molecular formula is C23H32O3. The van der Waals surface area contributed by atoms with Gasteiger partial charge in [-0.05, 0) is 48.7 Å². The maximum atomic E-state index is 9.26. The first kappa shape index (κ1) is 20.3. The van der Waals surface area contributed by atoms with Crippen molar-refractivity contribution in [3.8, 4) is 22.6 Å². The molecule has 0 aliphatic rings. The Hall–Kier alpha value is -2.00. The molecule has 142 valence electrons. The highest BCUT2D eigenvalue weighted by atomic mass is 16.5. The molecule has 0 radical (unpaired) electrons. The zero-order valence-corrected chi connectivity index (χ0v) is 16.1. The second kappa shape index (κ2) is 11.6. The number of benzene rings is 2. The summed E-state index contributed by atoms with van der Waals surface area (Å²) >= 11 is 0. The predicted octanol–water partition coefficient (Wildman–Crippen LogP) is 5.85. The smallest absolute Gasteiger partial charge is 0.119 e. The molecule has 0 heterocycles. The van der Waals surface area contributed by atoms with Crippen LogP contribution in [0.15, 0.2) is 48.5 Å². The number of aliphatic hydroxyl groups excluding tert-OH is 1. The van der Waals surface area contributed by atoms with E-state index in [0.29, 0.717) is 6.61 Å². The Balaban J connectivity index is 1.76. The molecule has 3 heteroatoms. The highest BCUT2D eigenvalue weighted by Crippen LogP contribution is 2.25. The van der Waals surface area contributed by atoms with Crippen molar-refractivity contribution < 1.29 is 14.6 Å². The van der Waals surface area contributed by atoms with Gasteiger partial charge in [-0.1, -0.05) is 63.3 Å². The van der Waals surface area contributed by atoms with Crippen LogP contribution in [-0.4, -0.2) is 24.4 Å². The van der Waals surface area contributed by atoms with Crippen LogP contribution in [0, 0.1) is 0 Å². The van der Waals surface area contributed by atoms with Gasteiger partial charge < -0.3 is 14.6 Å². The van der Waals surface area contributed by atoms with Crippen LogP contribution >= 0.6 is 0 Å². The molecule has 3 nitrogen and oxygen atoms in total. The van der Waals surface area contributed by atoms with E-state index in [0.717, 1.165) is 35.7 Å². The monoisotopic (exact) mass is 356 g/mol. The Kier molecular flexibility index (Phi) is 9.05. The fourth-order valence-corrected chi connectivity index (χ4v) is 2.78. The standard InChI is InChI=1S/C23H32O3/c1-3-4-5-6-7-8-17-25-22-13-9-20(10-14-22)21-11-15-23(16-12-21)26-18-19(2)24/h9-16,19,24H,3-8,17-18H2,1-2H3/t19-/m0/s1. The minimum atomic E-state index is -0.460. The lowest BCUT2D eigenvalue weighted by Gasteiger charge is -2.10. The highest BCUT2D eigenvalue weighted by Gasteiger charge is 2.02. The van der Waals surface area contributed by atoms with E-state index in [1.807, 2.05) is 36.4 Å². The fourth-order valence-electron chi connectivity index (χ4n) is 2.78. The van der Waals surface area contributed by atoms with E-state index in [1.54, 1.807) is 6.92 Å². The molecule has 0 spiro atoms. The maximum absolute atomic E-state index is 9.26. The minimum absolute atomic E-state index is 0.310. The average Bonchev–Trinajstić information content (AvgIpc) is 2.66. The number of rotatable bonds is 12. The van der Waals surface area contributed by atoms with E-state index in [9.17, 15) is 5.11 Å². The second-order valence-electron chi connectivity index (χ2n) is 6.83. The molecule has 0 bridgehead atoms. The lowest BCUT2D eigenvalue weighted by atomic mass is 10.1. The van der Waals surface area contributed by atoms with E-state index in [1.165, 1.54) is 32.1 Å². The minimum Gasteiger partial charge on any atom is -0.494 e. The van der Waals surface area contributed by atoms with Crippen molar-refractivity contribution in [1.82, 2.24) is 0 Å². The largest absolute Gasteiger partial charge is 0.494 e. The third-order valence-electron chi connectivity index (χ3n) is 4.30. The molecule has 0 fully saturated rings. The molecule has 2 rings (SSSR count). The molecule has 2 aromatic carbocycles. The van der Waals surface area contributed by atoms with E-state index in [-0.39, 0.29) is 0 Å². The topological polar surface area (TPSA) is 38.7 Å². The third kappa shape index (κ3) is 7.49. The molecule has 0 aliphatic heterocycles. The molecular weight excluding hydrogens is 324 g/mol. The van der Waals surface area contributed by atoms with E-state index < -0.39 is 6.10 Å². The lowest BCUT2D eigenvalue weighted by Crippen LogP contribution is -2.12. The van der Waals surface area contributed by atoms with Crippen LogP contribution in [-0.2, 0) is 0 Å². The number of ether oxygens (including phenoxy) is 2. The van der Waals surface area contributed by atoms with Crippen LogP contribution < -0.4 is 9.47 Å². The maximum Gasteiger partial charge on any atom is 0.119 e. The number of hydrogen-bond acceptors (Lipinski definition) is 3. The Labute approximate surface area is 158 Å². The van der Waals surface area contributed by atoms with Gasteiger partial charge in [0.05, 0.1) is 12.7 Å². The van der Waals surface area contributed by atoms with Crippen LogP contribution in [0.25, 0.3) is 11.1 Å². The Bertz CT molecular complexity index is 602. The molecule has 0 aromatic heterocycles. The van der Waals surface area contributed by atoms with Gasteiger partial charge in [0.2, 0.25) is 0 Å². The summed E-state index contributed by atoms with van der Waals surface area (Å²) in [5.74, 6) is 1.70. The van der Waals surface area contributed by atoms with Gasteiger partial charge >= 0.3 is 0 Å². The highest BCUT2D eigenvalue weighted by molar-refractivity contribution is 5.64. The van der Waals surface area contributed by atoms with Crippen molar-refractivity contribution in [2.75, 3.05) is 13.2 Å². The van der Waals surface area contributed by atoms with Crippen molar-refractivity contribution in [2.24, 2.45) is 0 Å². The molecule has 26 heavy (non-hydrogen) atoms. The van der Waals surface area contributed by atoms with Crippen LogP contribution in [0.5, 0.6) is 11.5 Å². The SMILES string of the molecule is CCCCCCCCOc1ccc(-c2ccc(OC[C@H](C)O)cc2)cc1. The van der Waals surface area contributed by atoms with E-state index in [2.05, 4.69) is 19.1 Å². The molecule has 0 amide bonds. The summed E-state index contributed by atoms with van der Waals surface area (Å²) in [4.78, 5) is 0. The van der Waals surface area contributed by atoms with Crippen molar-refractivity contribution in [3.63, 3.8) is 0 Å². The zero-order chi connectivity index (χ0) is 18.6. The quantitative estimate of drug-likeness (QED) is 0.485. The van der Waals surface area contributed by atoms with Gasteiger partial charge in [0.25, 0.3) is 0 Å². The normalized spacial score (nSPS) is 12.0. The van der Waals surface area contributed by atoms with E-state index in [4.69, 9.17) is 9.47 Å². The van der Waals surface area contributed by atoms with Gasteiger partial charge in [0.1, 0.15) is 18.1 Å². The Morgan fingerprint density at radius 1 is 0.731 bits per heavy atom. The first-order valence-corrected chi connectivity index (χ1v) is 9.83. The third-order valence-corrected chi connectivity index (χ3v) is 4.30. The summed E-state index contributed by atoms with van der Waals surface area (Å²) in [7, 11) is 0. The summed E-state index contributed by atoms with van der Waals surface area (Å²) in [6, 6.07) is 16.2. The first-order chi connectivity index (χ1) is 12.7. The van der Waals surface area contributed by atoms with E-state index >= 15 is 0 Å². The summed E-state index contributed by atoms with van der Waals surface area (Å²) in [6.07, 6.45) is 7.21. The molecule has 0 aliphatic carbocycles. The average molecular weight is 357 g/mol. The number of aliphatic hydroxyl groups is 1. The van der Waals surface area contributed by atoms with Gasteiger partial charge in [-0.25, -0.2) is 0 Å². The molecule has 0 saturated carbocycles. The molecule has 0 unspecified atom stereocenters. The fraction of sp³-hybridized carbons (Fsp3) is 0.478. The Morgan fingerprint density at radius 2 is 1.23 bits per heavy atom. The van der Waals surface area contributed by atoms with Gasteiger partial charge in [0, 0.05) is 0 Å². The van der Waals surface area contributed by atoms with Gasteiger partial charge in [-0.2, -0.15) is 0 Å². The summed E-state index contributed by atoms with van der Waals surface area (Å²) in [6.45, 7) is 5.06. The molecule has 1 N–H and O–H groups in total. The number of hydrogen-bond donors (Lipinski definition) is 1. The molecule has 0 saturated heterocycles. The predicted molar refractivity (Wildman–Crippen MR) is 108 cm³/mol. The van der Waals surface area contributed by atoms with Crippen LogP contribution in [0.3, 0.4) is 0 Å². The first-order valence-electron chi connectivity index (χ1n) is 9.83. The van der Waals surface area contributed by atoms with Crippen molar-refractivity contribution in [2.45, 2.75) is 58.5 Å². The lowest BCUT2D eigenvalue weighted by molar-refractivity contribution is 0.123. The van der Waals surface area contributed by atoms with Crippen molar-refractivity contribution in [1.29, 1.82) is 0 Å². The van der Waals surface area contributed by atoms with Crippen molar-refractivity contribution >= 4 is 0 Å². The Morgan fingerprint density at radius 3 is 1.77 bits per heavy atom. The van der Waals surface area contributed by atoms with Crippen molar-refractivity contribution in [3.05, 3.63) is 48.5 Å². The summed E-state index contributed by atoms with van der Waals surface area (Å²) in [5.41, 5.74) is 2.29. The molecule has 2 aromatic rings.